The average Bonchev–Trinajstić information content (AvgIpc) is 2.96. The van der Waals surface area contributed by atoms with Crippen molar-refractivity contribution in [3.8, 4) is 5.75 Å². The van der Waals surface area contributed by atoms with Gasteiger partial charge in [0.25, 0.3) is 0 Å². The first kappa shape index (κ1) is 14.4. The van der Waals surface area contributed by atoms with Crippen molar-refractivity contribution >= 4 is 23.6 Å². The number of nitrogens with two attached hydrogens (primary N) is 1. The van der Waals surface area contributed by atoms with Gasteiger partial charge in [-0.05, 0) is 12.1 Å². The van der Waals surface area contributed by atoms with E-state index < -0.39 is 12.0 Å². The molecule has 2 amide bonds. The summed E-state index contributed by atoms with van der Waals surface area (Å²) < 4.78 is 9.76. The van der Waals surface area contributed by atoms with Gasteiger partial charge in [-0.3, -0.25) is 0 Å². The highest BCUT2D eigenvalue weighted by Gasteiger charge is 2.22. The van der Waals surface area contributed by atoms with Crippen molar-refractivity contribution in [3.05, 3.63) is 36.2 Å². The summed E-state index contributed by atoms with van der Waals surface area (Å²) in [5, 5.41) is 0. The van der Waals surface area contributed by atoms with Gasteiger partial charge in [0, 0.05) is 0 Å². The standard InChI is InChI=1S/C13H14N4O4/c1-20-10-6-4-3-5-9(10)17(12(14)19)13-15-7-8(16-13)11(18)21-2/h3-7H,1-2H3,(H2,14,19)(H,15,16). The molecule has 0 radical (unpaired) electrons. The lowest BCUT2D eigenvalue weighted by Crippen LogP contribution is -2.32. The number of hydrogen-bond donors (Lipinski definition) is 2. The fourth-order valence-electron chi connectivity index (χ4n) is 1.79. The number of H-pyrrole nitrogens is 1. The number of aromatic amines is 1. The molecule has 0 aliphatic heterocycles. The summed E-state index contributed by atoms with van der Waals surface area (Å²) >= 11 is 0. The van der Waals surface area contributed by atoms with E-state index >= 15 is 0 Å². The highest BCUT2D eigenvalue weighted by molar-refractivity contribution is 5.98. The van der Waals surface area contributed by atoms with Crippen LogP contribution >= 0.6 is 0 Å². The van der Waals surface area contributed by atoms with Crippen molar-refractivity contribution < 1.29 is 19.1 Å². The largest absolute Gasteiger partial charge is 0.495 e. The van der Waals surface area contributed by atoms with E-state index in [2.05, 4.69) is 14.7 Å². The summed E-state index contributed by atoms with van der Waals surface area (Å²) in [4.78, 5) is 30.9. The topological polar surface area (TPSA) is 111 Å². The molecular formula is C13H14N4O4. The highest BCUT2D eigenvalue weighted by atomic mass is 16.5. The number of carbonyl (C=O) groups excluding carboxylic acids is 2. The minimum absolute atomic E-state index is 0.0902. The van der Waals surface area contributed by atoms with Crippen LogP contribution in [0, 0.1) is 0 Å². The van der Waals surface area contributed by atoms with Gasteiger partial charge in [0.2, 0.25) is 5.95 Å². The molecule has 0 unspecified atom stereocenters. The Morgan fingerprint density at radius 3 is 2.62 bits per heavy atom. The molecule has 3 N–H and O–H groups in total. The molecule has 0 bridgehead atoms. The molecule has 0 saturated heterocycles. The monoisotopic (exact) mass is 290 g/mol. The molecule has 21 heavy (non-hydrogen) atoms. The van der Waals surface area contributed by atoms with Gasteiger partial charge in [0.05, 0.1) is 26.1 Å². The van der Waals surface area contributed by atoms with E-state index in [4.69, 9.17) is 10.5 Å². The summed E-state index contributed by atoms with van der Waals surface area (Å²) in [6.07, 6.45) is 1.26. The van der Waals surface area contributed by atoms with Crippen molar-refractivity contribution in [2.24, 2.45) is 5.73 Å². The Labute approximate surface area is 120 Å². The molecule has 1 aromatic carbocycles. The lowest BCUT2D eigenvalue weighted by Gasteiger charge is -2.19. The number of hydrogen-bond acceptors (Lipinski definition) is 5. The van der Waals surface area contributed by atoms with E-state index in [1.165, 1.54) is 20.4 Å². The summed E-state index contributed by atoms with van der Waals surface area (Å²) in [5.74, 6) is -0.0714. The van der Waals surface area contributed by atoms with Crippen LogP contribution < -0.4 is 15.4 Å². The third kappa shape index (κ3) is 2.78. The van der Waals surface area contributed by atoms with Crippen LogP contribution in [-0.2, 0) is 4.74 Å². The molecule has 0 saturated carbocycles. The number of esters is 1. The van der Waals surface area contributed by atoms with E-state index in [1.807, 2.05) is 0 Å². The number of para-hydroxylation sites is 2. The molecule has 0 aliphatic carbocycles. The van der Waals surface area contributed by atoms with Gasteiger partial charge in [-0.2, -0.15) is 0 Å². The Balaban J connectivity index is 2.47. The second-order valence-electron chi connectivity index (χ2n) is 3.96. The van der Waals surface area contributed by atoms with E-state index in [9.17, 15) is 9.59 Å². The molecule has 0 atom stereocenters. The zero-order chi connectivity index (χ0) is 15.4. The van der Waals surface area contributed by atoms with Crippen molar-refractivity contribution in [2.75, 3.05) is 19.1 Å². The summed E-state index contributed by atoms with van der Waals surface area (Å²) in [5.41, 5.74) is 5.90. The second-order valence-corrected chi connectivity index (χ2v) is 3.96. The van der Waals surface area contributed by atoms with Gasteiger partial charge in [0.1, 0.15) is 11.4 Å². The maximum absolute atomic E-state index is 11.7. The van der Waals surface area contributed by atoms with Crippen LogP contribution in [0.4, 0.5) is 16.4 Å². The average molecular weight is 290 g/mol. The minimum Gasteiger partial charge on any atom is -0.495 e. The molecule has 110 valence electrons. The number of anilines is 2. The smallest absolute Gasteiger partial charge is 0.356 e. The number of imidazole rings is 1. The molecule has 1 heterocycles. The van der Waals surface area contributed by atoms with Crippen LogP contribution in [0.1, 0.15) is 10.5 Å². The number of amides is 2. The minimum atomic E-state index is -0.773. The number of urea groups is 1. The quantitative estimate of drug-likeness (QED) is 0.827. The van der Waals surface area contributed by atoms with Crippen LogP contribution in [0.3, 0.4) is 0 Å². The molecule has 0 aliphatic rings. The maximum Gasteiger partial charge on any atom is 0.356 e. The van der Waals surface area contributed by atoms with Gasteiger partial charge in [-0.1, -0.05) is 12.1 Å². The van der Waals surface area contributed by atoms with E-state index in [0.29, 0.717) is 11.4 Å². The van der Waals surface area contributed by atoms with Crippen LogP contribution in [0.15, 0.2) is 30.5 Å². The van der Waals surface area contributed by atoms with Crippen molar-refractivity contribution in [3.63, 3.8) is 0 Å². The molecule has 0 fully saturated rings. The normalized spacial score (nSPS) is 10.0. The van der Waals surface area contributed by atoms with Gasteiger partial charge in [-0.15, -0.1) is 0 Å². The van der Waals surface area contributed by atoms with Crippen LogP contribution in [-0.4, -0.2) is 36.2 Å². The third-order valence-electron chi connectivity index (χ3n) is 2.73. The zero-order valence-corrected chi connectivity index (χ0v) is 11.5. The molecule has 1 aromatic heterocycles. The van der Waals surface area contributed by atoms with Gasteiger partial charge >= 0.3 is 12.0 Å². The van der Waals surface area contributed by atoms with Crippen LogP contribution in [0.5, 0.6) is 5.75 Å². The predicted octanol–water partition coefficient (Wildman–Crippen LogP) is 1.42. The zero-order valence-electron chi connectivity index (χ0n) is 11.5. The Hall–Kier alpha value is -3.03. The lowest BCUT2D eigenvalue weighted by molar-refractivity contribution is 0.0594. The Morgan fingerprint density at radius 2 is 2.00 bits per heavy atom. The number of rotatable bonds is 4. The van der Waals surface area contributed by atoms with E-state index in [0.717, 1.165) is 4.90 Å². The van der Waals surface area contributed by atoms with Gasteiger partial charge in [-0.25, -0.2) is 19.5 Å². The third-order valence-corrected chi connectivity index (χ3v) is 2.73. The van der Waals surface area contributed by atoms with E-state index in [-0.39, 0.29) is 11.6 Å². The molecule has 2 aromatic rings. The number of benzene rings is 1. The fraction of sp³-hybridized carbons (Fsp3) is 0.154. The first-order valence-corrected chi connectivity index (χ1v) is 5.94. The SMILES string of the molecule is COC(=O)c1cnc(N(C(N)=O)c2ccccc2OC)[nH]1. The number of carbonyl (C=O) groups is 2. The lowest BCUT2D eigenvalue weighted by atomic mass is 10.2. The number of primary amides is 1. The summed E-state index contributed by atoms with van der Waals surface area (Å²) in [6.45, 7) is 0. The summed E-state index contributed by atoms with van der Waals surface area (Å²) in [7, 11) is 2.72. The van der Waals surface area contributed by atoms with Crippen molar-refractivity contribution in [2.45, 2.75) is 0 Å². The molecular weight excluding hydrogens is 276 g/mol. The van der Waals surface area contributed by atoms with Crippen molar-refractivity contribution in [1.29, 1.82) is 0 Å². The van der Waals surface area contributed by atoms with E-state index in [1.54, 1.807) is 24.3 Å². The first-order chi connectivity index (χ1) is 10.1. The van der Waals surface area contributed by atoms with Crippen LogP contribution in [0.25, 0.3) is 0 Å². The first-order valence-electron chi connectivity index (χ1n) is 5.94. The number of nitrogens with zero attached hydrogens (tertiary/aromatic N) is 2. The van der Waals surface area contributed by atoms with Gasteiger partial charge < -0.3 is 20.2 Å². The Kier molecular flexibility index (Phi) is 4.07. The van der Waals surface area contributed by atoms with Gasteiger partial charge in [0.15, 0.2) is 0 Å². The number of aromatic nitrogens is 2. The Bertz CT molecular complexity index is 668. The van der Waals surface area contributed by atoms with Crippen molar-refractivity contribution in [1.82, 2.24) is 9.97 Å². The van der Waals surface area contributed by atoms with Crippen LogP contribution in [0.2, 0.25) is 0 Å². The predicted molar refractivity (Wildman–Crippen MR) is 74.6 cm³/mol. The highest BCUT2D eigenvalue weighted by Crippen LogP contribution is 2.31. The molecule has 8 nitrogen and oxygen atoms in total. The second kappa shape index (κ2) is 5.95. The molecule has 2 rings (SSSR count). The number of ether oxygens (including phenoxy) is 2. The number of methoxy groups -OCH3 is 2. The number of nitrogens with one attached hydrogen (secondary N) is 1. The maximum atomic E-state index is 11.7. The summed E-state index contributed by atoms with van der Waals surface area (Å²) in [6, 6.07) is 6.02. The molecule has 8 heteroatoms. The molecule has 0 spiro atoms. The Morgan fingerprint density at radius 1 is 1.29 bits per heavy atom. The fourth-order valence-corrected chi connectivity index (χ4v) is 1.79.